The van der Waals surface area contributed by atoms with Crippen LogP contribution in [-0.2, 0) is 0 Å². The molecule has 0 unspecified atom stereocenters. The van der Waals surface area contributed by atoms with E-state index < -0.39 is 0 Å². The Hall–Kier alpha value is -0.850. The molecule has 0 nitrogen and oxygen atoms in total. The number of rotatable bonds is 3. The van der Waals surface area contributed by atoms with Gasteiger partial charge in [-0.15, -0.1) is 0 Å². The first kappa shape index (κ1) is 16.0. The minimum absolute atomic E-state index is 0.0647. The molecular formula is C21H31F. The molecule has 0 heterocycles. The van der Waals surface area contributed by atoms with Gasteiger partial charge in [0.15, 0.2) is 0 Å². The second-order valence-corrected chi connectivity index (χ2v) is 7.81. The van der Waals surface area contributed by atoms with Gasteiger partial charge < -0.3 is 0 Å². The lowest BCUT2D eigenvalue weighted by molar-refractivity contribution is 0.158. The number of hydrogen-bond donors (Lipinski definition) is 0. The molecule has 1 aromatic rings. The van der Waals surface area contributed by atoms with Crippen molar-refractivity contribution in [2.45, 2.75) is 77.6 Å². The summed E-state index contributed by atoms with van der Waals surface area (Å²) < 4.78 is 13.4. The summed E-state index contributed by atoms with van der Waals surface area (Å²) in [4.78, 5) is 0. The Morgan fingerprint density at radius 2 is 1.50 bits per heavy atom. The maximum atomic E-state index is 13.4. The topological polar surface area (TPSA) is 0 Å². The molecule has 2 fully saturated rings. The van der Waals surface area contributed by atoms with E-state index in [9.17, 15) is 4.39 Å². The normalized spacial score (nSPS) is 32.9. The Kier molecular flexibility index (Phi) is 5.21. The molecule has 0 radical (unpaired) electrons. The van der Waals surface area contributed by atoms with Crippen LogP contribution in [-0.4, -0.2) is 0 Å². The van der Waals surface area contributed by atoms with E-state index in [4.69, 9.17) is 0 Å². The fourth-order valence-corrected chi connectivity index (χ4v) is 4.91. The van der Waals surface area contributed by atoms with Gasteiger partial charge in [0.25, 0.3) is 0 Å². The SMILES string of the molecule is CCC1CCC(C2CCC(c3ccc(F)c(C)c3)CC2)CC1. The lowest BCUT2D eigenvalue weighted by atomic mass is 9.68. The lowest BCUT2D eigenvalue weighted by Gasteiger charge is -2.38. The number of benzene rings is 1. The molecule has 2 aliphatic rings. The molecule has 22 heavy (non-hydrogen) atoms. The Morgan fingerprint density at radius 3 is 2.05 bits per heavy atom. The fraction of sp³-hybridized carbons (Fsp3) is 0.714. The summed E-state index contributed by atoms with van der Waals surface area (Å²) in [5.41, 5.74) is 2.17. The summed E-state index contributed by atoms with van der Waals surface area (Å²) in [6, 6.07) is 5.75. The molecule has 3 rings (SSSR count). The molecule has 0 aliphatic heterocycles. The number of hydrogen-bond acceptors (Lipinski definition) is 0. The maximum Gasteiger partial charge on any atom is 0.126 e. The van der Waals surface area contributed by atoms with Crippen LogP contribution >= 0.6 is 0 Å². The molecule has 0 bridgehead atoms. The Labute approximate surface area is 135 Å². The van der Waals surface area contributed by atoms with Crippen molar-refractivity contribution in [3.63, 3.8) is 0 Å². The highest BCUT2D eigenvalue weighted by Crippen LogP contribution is 2.44. The molecule has 2 aliphatic carbocycles. The molecule has 0 spiro atoms. The first-order valence-corrected chi connectivity index (χ1v) is 9.43. The van der Waals surface area contributed by atoms with E-state index >= 15 is 0 Å². The minimum Gasteiger partial charge on any atom is -0.207 e. The number of aryl methyl sites for hydroxylation is 1. The predicted molar refractivity (Wildman–Crippen MR) is 91.6 cm³/mol. The summed E-state index contributed by atoms with van der Waals surface area (Å²) >= 11 is 0. The van der Waals surface area contributed by atoms with Crippen LogP contribution in [0.15, 0.2) is 18.2 Å². The number of halogens is 1. The quantitative estimate of drug-likeness (QED) is 0.588. The second kappa shape index (κ2) is 7.15. The van der Waals surface area contributed by atoms with Gasteiger partial charge in [-0.3, -0.25) is 0 Å². The van der Waals surface area contributed by atoms with E-state index in [1.54, 1.807) is 6.07 Å². The highest BCUT2D eigenvalue weighted by molar-refractivity contribution is 5.27. The van der Waals surface area contributed by atoms with E-state index in [-0.39, 0.29) is 5.82 Å². The monoisotopic (exact) mass is 302 g/mol. The van der Waals surface area contributed by atoms with Gasteiger partial charge in [0.2, 0.25) is 0 Å². The molecule has 1 aromatic carbocycles. The van der Waals surface area contributed by atoms with Gasteiger partial charge in [-0.1, -0.05) is 38.3 Å². The van der Waals surface area contributed by atoms with Gasteiger partial charge in [-0.25, -0.2) is 4.39 Å². The molecule has 2 saturated carbocycles. The first-order valence-electron chi connectivity index (χ1n) is 9.43. The van der Waals surface area contributed by atoms with Gasteiger partial charge in [0.1, 0.15) is 5.82 Å². The van der Waals surface area contributed by atoms with E-state index in [2.05, 4.69) is 13.0 Å². The van der Waals surface area contributed by atoms with Crippen molar-refractivity contribution in [3.8, 4) is 0 Å². The third-order valence-corrected chi connectivity index (χ3v) is 6.56. The van der Waals surface area contributed by atoms with Gasteiger partial charge in [0.05, 0.1) is 0 Å². The van der Waals surface area contributed by atoms with Gasteiger partial charge in [-0.05, 0) is 86.3 Å². The highest BCUT2D eigenvalue weighted by Gasteiger charge is 2.30. The van der Waals surface area contributed by atoms with Crippen LogP contribution in [0.5, 0.6) is 0 Å². The molecule has 1 heteroatoms. The first-order chi connectivity index (χ1) is 10.7. The predicted octanol–water partition coefficient (Wildman–Crippen LogP) is 6.62. The van der Waals surface area contributed by atoms with Crippen molar-refractivity contribution < 1.29 is 4.39 Å². The summed E-state index contributed by atoms with van der Waals surface area (Å²) in [6.45, 7) is 4.23. The van der Waals surface area contributed by atoms with Gasteiger partial charge in [0, 0.05) is 0 Å². The molecular weight excluding hydrogens is 271 g/mol. The van der Waals surface area contributed by atoms with Crippen LogP contribution in [0.4, 0.5) is 4.39 Å². The van der Waals surface area contributed by atoms with Crippen molar-refractivity contribution in [3.05, 3.63) is 35.1 Å². The standard InChI is InChI=1S/C21H31F/c1-3-16-4-6-17(7-5-16)18-8-10-19(11-9-18)20-12-13-21(22)15(2)14-20/h12-14,16-19H,3-11H2,1-2H3. The van der Waals surface area contributed by atoms with Crippen molar-refractivity contribution >= 4 is 0 Å². The van der Waals surface area contributed by atoms with Gasteiger partial charge >= 0.3 is 0 Å². The van der Waals surface area contributed by atoms with Crippen molar-refractivity contribution in [2.24, 2.45) is 17.8 Å². The van der Waals surface area contributed by atoms with E-state index in [0.29, 0.717) is 5.92 Å². The zero-order valence-corrected chi connectivity index (χ0v) is 14.3. The molecule has 0 saturated heterocycles. The van der Waals surface area contributed by atoms with Crippen LogP contribution in [0.1, 0.15) is 81.8 Å². The lowest BCUT2D eigenvalue weighted by Crippen LogP contribution is -2.25. The third-order valence-electron chi connectivity index (χ3n) is 6.56. The zero-order chi connectivity index (χ0) is 15.5. The van der Waals surface area contributed by atoms with E-state index in [1.807, 2.05) is 13.0 Å². The molecule has 0 N–H and O–H groups in total. The Morgan fingerprint density at radius 1 is 0.909 bits per heavy atom. The van der Waals surface area contributed by atoms with Crippen LogP contribution in [0, 0.1) is 30.5 Å². The maximum absolute atomic E-state index is 13.4. The summed E-state index contributed by atoms with van der Waals surface area (Å²) in [5, 5.41) is 0. The minimum atomic E-state index is -0.0647. The third kappa shape index (κ3) is 3.55. The average Bonchev–Trinajstić information content (AvgIpc) is 2.58. The molecule has 0 atom stereocenters. The Balaban J connectivity index is 1.53. The smallest absolute Gasteiger partial charge is 0.126 e. The largest absolute Gasteiger partial charge is 0.207 e. The van der Waals surface area contributed by atoms with Crippen LogP contribution in [0.3, 0.4) is 0 Å². The van der Waals surface area contributed by atoms with E-state index in [0.717, 1.165) is 23.3 Å². The average molecular weight is 302 g/mol. The summed E-state index contributed by atoms with van der Waals surface area (Å²) in [6.07, 6.45) is 12.7. The van der Waals surface area contributed by atoms with Crippen LogP contribution in [0.2, 0.25) is 0 Å². The Bertz CT molecular complexity index is 477. The highest BCUT2D eigenvalue weighted by atomic mass is 19.1. The van der Waals surface area contributed by atoms with Crippen LogP contribution < -0.4 is 0 Å². The zero-order valence-electron chi connectivity index (χ0n) is 14.3. The molecule has 0 amide bonds. The van der Waals surface area contributed by atoms with Gasteiger partial charge in [-0.2, -0.15) is 0 Å². The summed E-state index contributed by atoms with van der Waals surface area (Å²) in [5.74, 6) is 3.58. The fourth-order valence-electron chi connectivity index (χ4n) is 4.91. The second-order valence-electron chi connectivity index (χ2n) is 7.81. The summed E-state index contributed by atoms with van der Waals surface area (Å²) in [7, 11) is 0. The van der Waals surface area contributed by atoms with Crippen molar-refractivity contribution in [1.29, 1.82) is 0 Å². The van der Waals surface area contributed by atoms with Crippen molar-refractivity contribution in [2.75, 3.05) is 0 Å². The molecule has 122 valence electrons. The molecule has 0 aromatic heterocycles. The van der Waals surface area contributed by atoms with E-state index in [1.165, 1.54) is 63.4 Å². The van der Waals surface area contributed by atoms with Crippen molar-refractivity contribution in [1.82, 2.24) is 0 Å². The van der Waals surface area contributed by atoms with Crippen LogP contribution in [0.25, 0.3) is 0 Å².